The van der Waals surface area contributed by atoms with E-state index in [-0.39, 0.29) is 5.56 Å². The second kappa shape index (κ2) is 7.35. The fourth-order valence-electron chi connectivity index (χ4n) is 3.38. The molecule has 5 nitrogen and oxygen atoms in total. The molecule has 3 aromatic carbocycles. The van der Waals surface area contributed by atoms with Crippen LogP contribution in [-0.2, 0) is 0 Å². The largest absolute Gasteiger partial charge is 0.269 e. The molecular formula is C23H14BrFN4O. The molecule has 2 heterocycles. The fraction of sp³-hybridized carbons (Fsp3) is 0. The Morgan fingerprint density at radius 3 is 2.37 bits per heavy atom. The van der Waals surface area contributed by atoms with Crippen LogP contribution in [-0.4, -0.2) is 19.3 Å². The number of hydrogen-bond donors (Lipinski definition) is 0. The van der Waals surface area contributed by atoms with Gasteiger partial charge in [0, 0.05) is 10.0 Å². The van der Waals surface area contributed by atoms with Crippen molar-refractivity contribution in [2.75, 3.05) is 0 Å². The minimum Gasteiger partial charge on any atom is -0.268 e. The highest BCUT2D eigenvalue weighted by Crippen LogP contribution is 2.24. The molecule has 146 valence electrons. The molecule has 0 N–H and O–H groups in total. The number of fused-ring (bicyclic) bond motifs is 1. The van der Waals surface area contributed by atoms with Crippen molar-refractivity contribution in [1.82, 2.24) is 19.3 Å². The summed E-state index contributed by atoms with van der Waals surface area (Å²) >= 11 is 3.41. The zero-order valence-corrected chi connectivity index (χ0v) is 17.1. The van der Waals surface area contributed by atoms with Crippen LogP contribution in [0.5, 0.6) is 0 Å². The number of nitrogens with zero attached hydrogens (tertiary/aromatic N) is 4. The van der Waals surface area contributed by atoms with Gasteiger partial charge in [0.15, 0.2) is 5.65 Å². The maximum Gasteiger partial charge on any atom is 0.269 e. The molecule has 2 aromatic heterocycles. The number of para-hydroxylation sites is 1. The number of benzene rings is 3. The molecule has 0 aliphatic heterocycles. The molecule has 0 saturated heterocycles. The molecular weight excluding hydrogens is 447 g/mol. The lowest BCUT2D eigenvalue weighted by atomic mass is 10.2. The van der Waals surface area contributed by atoms with Crippen molar-refractivity contribution in [1.29, 1.82) is 0 Å². The van der Waals surface area contributed by atoms with Crippen LogP contribution >= 0.6 is 15.9 Å². The highest BCUT2D eigenvalue weighted by atomic mass is 79.9. The Balaban J connectivity index is 1.86. The van der Waals surface area contributed by atoms with E-state index in [9.17, 15) is 9.18 Å². The first kappa shape index (κ1) is 18.4. The molecule has 0 unspecified atom stereocenters. The fourth-order valence-corrected chi connectivity index (χ4v) is 3.64. The Kier molecular flexibility index (Phi) is 4.52. The van der Waals surface area contributed by atoms with Gasteiger partial charge in [-0.25, -0.2) is 14.1 Å². The van der Waals surface area contributed by atoms with Gasteiger partial charge in [0.05, 0.1) is 17.6 Å². The third kappa shape index (κ3) is 3.13. The quantitative estimate of drug-likeness (QED) is 0.374. The maximum absolute atomic E-state index is 14.0. The first-order valence-electron chi connectivity index (χ1n) is 9.20. The summed E-state index contributed by atoms with van der Waals surface area (Å²) in [5.74, 6) is -0.0622. The summed E-state index contributed by atoms with van der Waals surface area (Å²) in [7, 11) is 0. The van der Waals surface area contributed by atoms with Crippen molar-refractivity contribution in [3.8, 4) is 22.8 Å². The number of halogens is 2. The molecule has 0 aliphatic carbocycles. The lowest BCUT2D eigenvalue weighted by Crippen LogP contribution is -2.22. The van der Waals surface area contributed by atoms with Gasteiger partial charge in [0.25, 0.3) is 5.56 Å². The van der Waals surface area contributed by atoms with Crippen LogP contribution in [0.4, 0.5) is 4.39 Å². The van der Waals surface area contributed by atoms with Gasteiger partial charge in [-0.05, 0) is 48.5 Å². The Hall–Kier alpha value is -3.58. The molecule has 0 saturated carbocycles. The molecule has 0 amide bonds. The topological polar surface area (TPSA) is 52.7 Å². The predicted molar refractivity (Wildman–Crippen MR) is 118 cm³/mol. The number of rotatable bonds is 3. The average molecular weight is 461 g/mol. The average Bonchev–Trinajstić information content (AvgIpc) is 3.20. The lowest BCUT2D eigenvalue weighted by Gasteiger charge is -2.13. The number of aromatic nitrogens is 4. The van der Waals surface area contributed by atoms with Crippen LogP contribution in [0.15, 0.2) is 94.3 Å². The second-order valence-electron chi connectivity index (χ2n) is 6.69. The van der Waals surface area contributed by atoms with Gasteiger partial charge in [0.1, 0.15) is 17.0 Å². The van der Waals surface area contributed by atoms with E-state index in [1.54, 1.807) is 16.8 Å². The van der Waals surface area contributed by atoms with E-state index in [2.05, 4.69) is 21.0 Å². The molecule has 0 bridgehead atoms. The first-order valence-corrected chi connectivity index (χ1v) is 9.99. The standard InChI is InChI=1S/C23H14BrFN4O/c24-16-9-11-18(12-10-16)28-21(15-5-4-6-17(25)13-15)27-22-20(23(28)30)14-26-29(22)19-7-2-1-3-8-19/h1-14H. The van der Waals surface area contributed by atoms with E-state index in [0.717, 1.165) is 10.2 Å². The van der Waals surface area contributed by atoms with Crippen molar-refractivity contribution >= 4 is 27.0 Å². The predicted octanol–water partition coefficient (Wildman–Crippen LogP) is 5.14. The molecule has 0 atom stereocenters. The van der Waals surface area contributed by atoms with Crippen LogP contribution in [0.25, 0.3) is 33.8 Å². The van der Waals surface area contributed by atoms with E-state index in [1.807, 2.05) is 54.6 Å². The summed E-state index contributed by atoms with van der Waals surface area (Å²) in [6.45, 7) is 0. The van der Waals surface area contributed by atoms with Crippen LogP contribution < -0.4 is 5.56 Å². The van der Waals surface area contributed by atoms with Gasteiger partial charge in [-0.15, -0.1) is 0 Å². The molecule has 5 rings (SSSR count). The first-order chi connectivity index (χ1) is 14.6. The Labute approximate surface area is 179 Å². The van der Waals surface area contributed by atoms with Crippen molar-refractivity contribution in [2.45, 2.75) is 0 Å². The molecule has 7 heteroatoms. The maximum atomic E-state index is 14.0. The summed E-state index contributed by atoms with van der Waals surface area (Å²) in [5, 5.41) is 4.76. The zero-order chi connectivity index (χ0) is 20.7. The third-order valence-corrected chi connectivity index (χ3v) is 5.30. The van der Waals surface area contributed by atoms with Crippen LogP contribution in [0.1, 0.15) is 0 Å². The van der Waals surface area contributed by atoms with E-state index >= 15 is 0 Å². The summed E-state index contributed by atoms with van der Waals surface area (Å²) in [6, 6.07) is 22.8. The normalized spacial score (nSPS) is 11.1. The highest BCUT2D eigenvalue weighted by molar-refractivity contribution is 9.10. The Morgan fingerprint density at radius 1 is 0.867 bits per heavy atom. The molecule has 0 radical (unpaired) electrons. The second-order valence-corrected chi connectivity index (χ2v) is 7.61. The van der Waals surface area contributed by atoms with Gasteiger partial charge in [-0.3, -0.25) is 9.36 Å². The Bertz CT molecular complexity index is 1430. The van der Waals surface area contributed by atoms with Crippen LogP contribution in [0, 0.1) is 5.82 Å². The summed E-state index contributed by atoms with van der Waals surface area (Å²) < 4.78 is 18.0. The molecule has 30 heavy (non-hydrogen) atoms. The van der Waals surface area contributed by atoms with Gasteiger partial charge >= 0.3 is 0 Å². The molecule has 5 aromatic rings. The minimum absolute atomic E-state index is 0.274. The minimum atomic E-state index is -0.402. The Morgan fingerprint density at radius 2 is 1.63 bits per heavy atom. The molecule has 0 fully saturated rings. The van der Waals surface area contributed by atoms with Crippen molar-refractivity contribution in [3.05, 3.63) is 106 Å². The van der Waals surface area contributed by atoms with E-state index in [1.165, 1.54) is 22.9 Å². The SMILES string of the molecule is O=c1c2cnn(-c3ccccc3)c2nc(-c2cccc(F)c2)n1-c1ccc(Br)cc1. The van der Waals surface area contributed by atoms with Crippen molar-refractivity contribution in [2.24, 2.45) is 0 Å². The van der Waals surface area contributed by atoms with Gasteiger partial charge in [0.2, 0.25) is 0 Å². The van der Waals surface area contributed by atoms with Crippen molar-refractivity contribution < 1.29 is 4.39 Å². The lowest BCUT2D eigenvalue weighted by molar-refractivity contribution is 0.628. The van der Waals surface area contributed by atoms with E-state index in [4.69, 9.17) is 4.98 Å². The monoisotopic (exact) mass is 460 g/mol. The van der Waals surface area contributed by atoms with E-state index in [0.29, 0.717) is 28.1 Å². The summed E-state index contributed by atoms with van der Waals surface area (Å²) in [6.07, 6.45) is 1.52. The summed E-state index contributed by atoms with van der Waals surface area (Å²) in [4.78, 5) is 18.3. The third-order valence-electron chi connectivity index (χ3n) is 4.77. The smallest absolute Gasteiger partial charge is 0.268 e. The van der Waals surface area contributed by atoms with Gasteiger partial charge in [-0.1, -0.05) is 46.3 Å². The molecule has 0 spiro atoms. The highest BCUT2D eigenvalue weighted by Gasteiger charge is 2.18. The molecule has 0 aliphatic rings. The van der Waals surface area contributed by atoms with Crippen LogP contribution in [0.2, 0.25) is 0 Å². The number of hydrogen-bond acceptors (Lipinski definition) is 3. The van der Waals surface area contributed by atoms with Crippen molar-refractivity contribution in [3.63, 3.8) is 0 Å². The van der Waals surface area contributed by atoms with E-state index < -0.39 is 5.82 Å². The van der Waals surface area contributed by atoms with Crippen LogP contribution in [0.3, 0.4) is 0 Å². The zero-order valence-electron chi connectivity index (χ0n) is 15.5. The van der Waals surface area contributed by atoms with Gasteiger partial charge in [-0.2, -0.15) is 5.10 Å². The summed E-state index contributed by atoms with van der Waals surface area (Å²) in [5.41, 5.74) is 2.05. The van der Waals surface area contributed by atoms with Gasteiger partial charge < -0.3 is 0 Å².